The number of nitrogens with one attached hydrogen (secondary N) is 3. The number of halogens is 1. The Morgan fingerprint density at radius 3 is 2.65 bits per heavy atom. The minimum atomic E-state index is -3.15. The maximum atomic E-state index is 11.5. The molecule has 0 radical (unpaired) electrons. The quantitative estimate of drug-likeness (QED) is 0.559. The second-order valence-corrected chi connectivity index (χ2v) is 5.83. The van der Waals surface area contributed by atoms with E-state index in [2.05, 4.69) is 15.4 Å². The molecule has 1 heterocycles. The van der Waals surface area contributed by atoms with Crippen LogP contribution in [0.15, 0.2) is 0 Å². The Bertz CT molecular complexity index is 328. The van der Waals surface area contributed by atoms with Crippen LogP contribution in [0.5, 0.6) is 0 Å². The molecule has 1 atom stereocenters. The lowest BCUT2D eigenvalue weighted by Gasteiger charge is -2.11. The van der Waals surface area contributed by atoms with Crippen molar-refractivity contribution >= 4 is 28.3 Å². The van der Waals surface area contributed by atoms with Crippen LogP contribution in [-0.4, -0.2) is 45.8 Å². The van der Waals surface area contributed by atoms with Crippen LogP contribution in [0.1, 0.15) is 19.8 Å². The van der Waals surface area contributed by atoms with Crippen LogP contribution in [0.2, 0.25) is 0 Å². The predicted molar refractivity (Wildman–Crippen MR) is 68.7 cm³/mol. The molecule has 1 rings (SSSR count). The molecule has 3 N–H and O–H groups in total. The van der Waals surface area contributed by atoms with Crippen molar-refractivity contribution in [3.63, 3.8) is 0 Å². The summed E-state index contributed by atoms with van der Waals surface area (Å²) in [5.74, 6) is 0.0127. The zero-order chi connectivity index (χ0) is 12.0. The highest BCUT2D eigenvalue weighted by molar-refractivity contribution is 7.89. The number of carbonyl (C=O) groups is 1. The van der Waals surface area contributed by atoms with Crippen LogP contribution in [0, 0.1) is 0 Å². The van der Waals surface area contributed by atoms with Gasteiger partial charge >= 0.3 is 0 Å². The van der Waals surface area contributed by atoms with Crippen LogP contribution in [0.3, 0.4) is 0 Å². The second-order valence-electron chi connectivity index (χ2n) is 3.74. The monoisotopic (exact) mass is 285 g/mol. The fourth-order valence-electron chi connectivity index (χ4n) is 1.53. The maximum absolute atomic E-state index is 11.5. The van der Waals surface area contributed by atoms with Gasteiger partial charge in [0.25, 0.3) is 0 Å². The van der Waals surface area contributed by atoms with Gasteiger partial charge in [-0.25, -0.2) is 13.1 Å². The summed E-state index contributed by atoms with van der Waals surface area (Å²) in [5.41, 5.74) is 0. The second kappa shape index (κ2) is 7.86. The van der Waals surface area contributed by atoms with Crippen molar-refractivity contribution in [1.82, 2.24) is 15.4 Å². The first-order valence-corrected chi connectivity index (χ1v) is 7.19. The lowest BCUT2D eigenvalue weighted by atomic mass is 10.2. The molecule has 1 unspecified atom stereocenters. The number of sulfonamides is 1. The van der Waals surface area contributed by atoms with E-state index in [9.17, 15) is 13.2 Å². The van der Waals surface area contributed by atoms with Crippen molar-refractivity contribution in [2.45, 2.75) is 25.8 Å². The SMILES string of the molecule is CCS(=O)(=O)NCCNC(=O)C1CCCN1.Cl. The van der Waals surface area contributed by atoms with E-state index in [-0.39, 0.29) is 36.7 Å². The molecule has 0 aromatic rings. The van der Waals surface area contributed by atoms with Gasteiger partial charge in [0, 0.05) is 13.1 Å². The molecule has 0 aromatic heterocycles. The minimum absolute atomic E-state index is 0. The van der Waals surface area contributed by atoms with Gasteiger partial charge in [-0.05, 0) is 26.3 Å². The van der Waals surface area contributed by atoms with Gasteiger partial charge in [0.05, 0.1) is 11.8 Å². The average Bonchev–Trinajstić information content (AvgIpc) is 2.77. The first kappa shape index (κ1) is 16.6. The predicted octanol–water partition coefficient (Wildman–Crippen LogP) is -0.784. The third-order valence-electron chi connectivity index (χ3n) is 2.50. The Balaban J connectivity index is 0.00000256. The van der Waals surface area contributed by atoms with Crippen molar-refractivity contribution in [3.8, 4) is 0 Å². The molecule has 17 heavy (non-hydrogen) atoms. The van der Waals surface area contributed by atoms with Crippen LogP contribution < -0.4 is 15.4 Å². The number of amides is 1. The Kier molecular flexibility index (Phi) is 7.69. The van der Waals surface area contributed by atoms with E-state index >= 15 is 0 Å². The van der Waals surface area contributed by atoms with Crippen molar-refractivity contribution in [3.05, 3.63) is 0 Å². The van der Waals surface area contributed by atoms with Gasteiger partial charge < -0.3 is 10.6 Å². The lowest BCUT2D eigenvalue weighted by Crippen LogP contribution is -2.43. The smallest absolute Gasteiger partial charge is 0.237 e. The summed E-state index contributed by atoms with van der Waals surface area (Å²) in [6.45, 7) is 3.02. The van der Waals surface area contributed by atoms with Gasteiger partial charge in [-0.2, -0.15) is 0 Å². The highest BCUT2D eigenvalue weighted by Gasteiger charge is 2.21. The minimum Gasteiger partial charge on any atom is -0.353 e. The van der Waals surface area contributed by atoms with Crippen LogP contribution in [0.25, 0.3) is 0 Å². The zero-order valence-electron chi connectivity index (χ0n) is 9.86. The van der Waals surface area contributed by atoms with E-state index in [0.29, 0.717) is 6.54 Å². The molecule has 1 saturated heterocycles. The molecule has 1 aliphatic rings. The fraction of sp³-hybridized carbons (Fsp3) is 0.889. The molecule has 1 amide bonds. The summed E-state index contributed by atoms with van der Waals surface area (Å²) < 4.78 is 24.5. The van der Waals surface area contributed by atoms with Crippen molar-refractivity contribution < 1.29 is 13.2 Å². The van der Waals surface area contributed by atoms with Gasteiger partial charge in [0.2, 0.25) is 15.9 Å². The fourth-order valence-corrected chi connectivity index (χ4v) is 2.14. The molecule has 6 nitrogen and oxygen atoms in total. The largest absolute Gasteiger partial charge is 0.353 e. The summed E-state index contributed by atoms with van der Waals surface area (Å²) in [6.07, 6.45) is 1.87. The molecule has 1 fully saturated rings. The molecular formula is C9H20ClN3O3S. The molecule has 0 aliphatic carbocycles. The average molecular weight is 286 g/mol. The van der Waals surface area contributed by atoms with Crippen LogP contribution in [-0.2, 0) is 14.8 Å². The molecule has 8 heteroatoms. The molecule has 1 aliphatic heterocycles. The van der Waals surface area contributed by atoms with Crippen molar-refractivity contribution in [1.29, 1.82) is 0 Å². The highest BCUT2D eigenvalue weighted by atomic mass is 35.5. The van der Waals surface area contributed by atoms with Gasteiger partial charge in [-0.1, -0.05) is 0 Å². The topological polar surface area (TPSA) is 87.3 Å². The third kappa shape index (κ3) is 6.21. The highest BCUT2D eigenvalue weighted by Crippen LogP contribution is 2.03. The summed E-state index contributed by atoms with van der Waals surface area (Å²) in [6, 6.07) is -0.109. The summed E-state index contributed by atoms with van der Waals surface area (Å²) in [7, 11) is -3.15. The first-order chi connectivity index (χ1) is 7.55. The molecule has 0 aromatic carbocycles. The Hall–Kier alpha value is -0.370. The summed E-state index contributed by atoms with van der Waals surface area (Å²) >= 11 is 0. The first-order valence-electron chi connectivity index (χ1n) is 5.53. The molecule has 0 bridgehead atoms. The zero-order valence-corrected chi connectivity index (χ0v) is 11.5. The molecule has 0 saturated carbocycles. The Morgan fingerprint density at radius 1 is 1.41 bits per heavy atom. The van der Waals surface area contributed by atoms with E-state index in [0.717, 1.165) is 19.4 Å². The summed E-state index contributed by atoms with van der Waals surface area (Å²) in [5, 5.41) is 5.77. The van der Waals surface area contributed by atoms with Crippen molar-refractivity contribution in [2.75, 3.05) is 25.4 Å². The van der Waals surface area contributed by atoms with E-state index in [1.165, 1.54) is 0 Å². The number of carbonyl (C=O) groups excluding carboxylic acids is 1. The number of rotatable bonds is 6. The Morgan fingerprint density at radius 2 is 2.12 bits per heavy atom. The van der Waals surface area contributed by atoms with E-state index in [4.69, 9.17) is 0 Å². The van der Waals surface area contributed by atoms with Gasteiger partial charge in [0.1, 0.15) is 0 Å². The van der Waals surface area contributed by atoms with Gasteiger partial charge in [-0.3, -0.25) is 4.79 Å². The van der Waals surface area contributed by atoms with E-state index in [1.54, 1.807) is 6.92 Å². The maximum Gasteiger partial charge on any atom is 0.237 e. The van der Waals surface area contributed by atoms with Gasteiger partial charge in [0.15, 0.2) is 0 Å². The van der Waals surface area contributed by atoms with Gasteiger partial charge in [-0.15, -0.1) is 12.4 Å². The standard InChI is InChI=1S/C9H19N3O3S.ClH/c1-2-16(14,15)12-7-6-11-9(13)8-4-3-5-10-8;/h8,10,12H,2-7H2,1H3,(H,11,13);1H. The number of hydrogen-bond acceptors (Lipinski definition) is 4. The van der Waals surface area contributed by atoms with Crippen LogP contribution >= 0.6 is 12.4 Å². The normalized spacial score (nSPS) is 19.7. The van der Waals surface area contributed by atoms with Crippen LogP contribution in [0.4, 0.5) is 0 Å². The molecular weight excluding hydrogens is 266 g/mol. The molecule has 102 valence electrons. The lowest BCUT2D eigenvalue weighted by molar-refractivity contribution is -0.122. The van der Waals surface area contributed by atoms with E-state index < -0.39 is 10.0 Å². The van der Waals surface area contributed by atoms with Crippen molar-refractivity contribution in [2.24, 2.45) is 0 Å². The summed E-state index contributed by atoms with van der Waals surface area (Å²) in [4.78, 5) is 11.5. The molecule has 0 spiro atoms. The number of hydrogen-bond donors (Lipinski definition) is 3. The third-order valence-corrected chi connectivity index (χ3v) is 3.91. The Labute approximate surface area is 108 Å². The van der Waals surface area contributed by atoms with E-state index in [1.807, 2.05) is 0 Å².